The summed E-state index contributed by atoms with van der Waals surface area (Å²) in [4.78, 5) is 29.1. The van der Waals surface area contributed by atoms with E-state index in [2.05, 4.69) is 0 Å². The van der Waals surface area contributed by atoms with Crippen molar-refractivity contribution in [1.82, 2.24) is 9.80 Å². The average molecular weight is 399 g/mol. The molecule has 0 aliphatic carbocycles. The Balaban J connectivity index is 2.38. The highest BCUT2D eigenvalue weighted by atomic mass is 16.5. The van der Waals surface area contributed by atoms with Gasteiger partial charge in [0, 0.05) is 31.6 Å². The maximum Gasteiger partial charge on any atom is 0.263 e. The van der Waals surface area contributed by atoms with Crippen LogP contribution in [0.2, 0.25) is 0 Å². The molecule has 2 aromatic rings. The molecule has 2 atom stereocenters. The number of carbonyl (C=O) groups excluding carboxylic acids is 2. The number of carbonyl (C=O) groups is 2. The van der Waals surface area contributed by atoms with E-state index in [0.29, 0.717) is 31.9 Å². The Bertz CT molecular complexity index is 841. The van der Waals surface area contributed by atoms with E-state index >= 15 is 0 Å². The third-order valence-electron chi connectivity index (χ3n) is 5.56. The third kappa shape index (κ3) is 4.89. The van der Waals surface area contributed by atoms with Crippen LogP contribution in [0.4, 0.5) is 0 Å². The van der Waals surface area contributed by atoms with Crippen molar-refractivity contribution in [3.05, 3.63) is 42.0 Å². The summed E-state index contributed by atoms with van der Waals surface area (Å²) >= 11 is 0. The van der Waals surface area contributed by atoms with Gasteiger partial charge in [0.25, 0.3) is 5.91 Å². The molecule has 2 rings (SSSR count). The molecule has 0 radical (unpaired) electrons. The number of amides is 2. The van der Waals surface area contributed by atoms with Gasteiger partial charge < -0.3 is 14.5 Å². The Morgan fingerprint density at radius 1 is 0.793 bits per heavy atom. The van der Waals surface area contributed by atoms with E-state index in [1.54, 1.807) is 11.8 Å². The number of ether oxygens (including phenoxy) is 1. The molecule has 5 nitrogen and oxygen atoms in total. The minimum atomic E-state index is -0.570. The van der Waals surface area contributed by atoms with Crippen LogP contribution in [0.15, 0.2) is 36.4 Å². The molecule has 5 heteroatoms. The molecule has 0 bridgehead atoms. The minimum Gasteiger partial charge on any atom is -0.480 e. The predicted octanol–water partition coefficient (Wildman–Crippen LogP) is 4.45. The largest absolute Gasteiger partial charge is 0.480 e. The number of rotatable bonds is 9. The summed E-state index contributed by atoms with van der Waals surface area (Å²) in [5.74, 6) is 0.524. The fourth-order valence-electron chi connectivity index (χ4n) is 3.75. The zero-order valence-electron chi connectivity index (χ0n) is 18.6. The van der Waals surface area contributed by atoms with Crippen LogP contribution in [0.3, 0.4) is 0 Å². The number of benzene rings is 2. The fourth-order valence-corrected chi connectivity index (χ4v) is 3.75. The van der Waals surface area contributed by atoms with E-state index in [1.807, 2.05) is 75.9 Å². The summed E-state index contributed by atoms with van der Waals surface area (Å²) in [5.41, 5.74) is 0.979. The molecule has 0 saturated carbocycles. The van der Waals surface area contributed by atoms with E-state index in [-0.39, 0.29) is 17.7 Å². The van der Waals surface area contributed by atoms with Crippen LogP contribution in [0.1, 0.15) is 53.0 Å². The number of hydrogen-bond acceptors (Lipinski definition) is 3. The topological polar surface area (TPSA) is 49.9 Å². The molecule has 0 heterocycles. The molecule has 0 aliphatic heterocycles. The fraction of sp³-hybridized carbons (Fsp3) is 0.500. The van der Waals surface area contributed by atoms with Gasteiger partial charge in [-0.1, -0.05) is 30.3 Å². The van der Waals surface area contributed by atoms with Gasteiger partial charge in [0.1, 0.15) is 5.75 Å². The summed E-state index contributed by atoms with van der Waals surface area (Å²) in [7, 11) is 0. The highest BCUT2D eigenvalue weighted by Gasteiger charge is 2.24. The van der Waals surface area contributed by atoms with E-state index in [1.165, 1.54) is 0 Å². The van der Waals surface area contributed by atoms with Gasteiger partial charge in [-0.05, 0) is 58.6 Å². The average Bonchev–Trinajstić information content (AvgIpc) is 2.75. The van der Waals surface area contributed by atoms with Gasteiger partial charge in [0.15, 0.2) is 6.10 Å². The van der Waals surface area contributed by atoms with Crippen molar-refractivity contribution < 1.29 is 14.3 Å². The third-order valence-corrected chi connectivity index (χ3v) is 5.56. The Morgan fingerprint density at radius 3 is 1.86 bits per heavy atom. The van der Waals surface area contributed by atoms with E-state index < -0.39 is 6.10 Å². The van der Waals surface area contributed by atoms with Crippen LogP contribution in [-0.2, 0) is 9.59 Å². The summed E-state index contributed by atoms with van der Waals surface area (Å²) in [6, 6.07) is 11.8. The first-order chi connectivity index (χ1) is 13.9. The molecule has 0 spiro atoms. The SMILES string of the molecule is CCN(CC)C(=O)C(C)Oc1ccc(C(C)C(=O)N(CC)CC)c2ccccc12. The van der Waals surface area contributed by atoms with Crippen molar-refractivity contribution in [2.75, 3.05) is 26.2 Å². The van der Waals surface area contributed by atoms with Crippen molar-refractivity contribution in [2.45, 2.75) is 53.6 Å². The monoisotopic (exact) mass is 398 g/mol. The second-order valence-corrected chi connectivity index (χ2v) is 7.20. The molecule has 2 unspecified atom stereocenters. The number of fused-ring (bicyclic) bond motifs is 1. The van der Waals surface area contributed by atoms with Crippen molar-refractivity contribution in [3.63, 3.8) is 0 Å². The van der Waals surface area contributed by atoms with Gasteiger partial charge in [-0.25, -0.2) is 0 Å². The standard InChI is InChI=1S/C24H34N2O3/c1-7-25(8-2)23(27)17(5)19-15-16-22(21-14-12-11-13-20(19)21)29-18(6)24(28)26(9-3)10-4/h11-18H,7-10H2,1-6H3. The first-order valence-corrected chi connectivity index (χ1v) is 10.6. The number of hydrogen-bond donors (Lipinski definition) is 0. The lowest BCUT2D eigenvalue weighted by Crippen LogP contribution is -2.40. The van der Waals surface area contributed by atoms with Gasteiger partial charge in [0.05, 0.1) is 5.92 Å². The predicted molar refractivity (Wildman–Crippen MR) is 118 cm³/mol. The molecule has 0 aliphatic rings. The van der Waals surface area contributed by atoms with Crippen LogP contribution >= 0.6 is 0 Å². The van der Waals surface area contributed by atoms with Crippen LogP contribution in [0.25, 0.3) is 10.8 Å². The van der Waals surface area contributed by atoms with Gasteiger partial charge >= 0.3 is 0 Å². The molecule has 29 heavy (non-hydrogen) atoms. The van der Waals surface area contributed by atoms with Crippen LogP contribution < -0.4 is 4.74 Å². The van der Waals surface area contributed by atoms with Crippen molar-refractivity contribution in [3.8, 4) is 5.75 Å². The maximum absolute atomic E-state index is 12.9. The zero-order valence-corrected chi connectivity index (χ0v) is 18.6. The summed E-state index contributed by atoms with van der Waals surface area (Å²) in [6.07, 6.45) is -0.570. The number of likely N-dealkylation sites (N-methyl/N-ethyl adjacent to an activating group) is 2. The molecule has 0 aromatic heterocycles. The highest BCUT2D eigenvalue weighted by Crippen LogP contribution is 2.33. The minimum absolute atomic E-state index is 0.0202. The van der Waals surface area contributed by atoms with Crippen LogP contribution in [0, 0.1) is 0 Å². The quantitative estimate of drug-likeness (QED) is 0.627. The van der Waals surface area contributed by atoms with Crippen molar-refractivity contribution in [2.24, 2.45) is 0 Å². The lowest BCUT2D eigenvalue weighted by Gasteiger charge is -2.25. The van der Waals surface area contributed by atoms with E-state index in [9.17, 15) is 9.59 Å². The first kappa shape index (κ1) is 22.7. The van der Waals surface area contributed by atoms with Crippen LogP contribution in [-0.4, -0.2) is 53.9 Å². The highest BCUT2D eigenvalue weighted by molar-refractivity contribution is 5.96. The van der Waals surface area contributed by atoms with Crippen molar-refractivity contribution in [1.29, 1.82) is 0 Å². The lowest BCUT2D eigenvalue weighted by atomic mass is 9.93. The van der Waals surface area contributed by atoms with Crippen LogP contribution in [0.5, 0.6) is 5.75 Å². The smallest absolute Gasteiger partial charge is 0.263 e. The Hall–Kier alpha value is -2.56. The molecule has 0 fully saturated rings. The van der Waals surface area contributed by atoms with E-state index in [0.717, 1.165) is 16.3 Å². The molecule has 2 amide bonds. The molecule has 0 N–H and O–H groups in total. The second kappa shape index (κ2) is 10.3. The Labute approximate surface area is 174 Å². The molecular formula is C24H34N2O3. The zero-order chi connectivity index (χ0) is 21.6. The van der Waals surface area contributed by atoms with Gasteiger partial charge in [0.2, 0.25) is 5.91 Å². The molecule has 158 valence electrons. The molecular weight excluding hydrogens is 364 g/mol. The molecule has 2 aromatic carbocycles. The second-order valence-electron chi connectivity index (χ2n) is 7.20. The summed E-state index contributed by atoms with van der Waals surface area (Å²) < 4.78 is 6.07. The molecule has 0 saturated heterocycles. The lowest BCUT2D eigenvalue weighted by molar-refractivity contribution is -0.137. The summed E-state index contributed by atoms with van der Waals surface area (Å²) in [5, 5.41) is 1.91. The first-order valence-electron chi connectivity index (χ1n) is 10.6. The normalized spacial score (nSPS) is 13.0. The maximum atomic E-state index is 12.9. The van der Waals surface area contributed by atoms with Gasteiger partial charge in [-0.3, -0.25) is 9.59 Å². The van der Waals surface area contributed by atoms with E-state index in [4.69, 9.17) is 4.74 Å². The summed E-state index contributed by atoms with van der Waals surface area (Å²) in [6.45, 7) is 14.4. The Kier molecular flexibility index (Phi) is 8.06. The van der Waals surface area contributed by atoms with Crippen molar-refractivity contribution >= 4 is 22.6 Å². The van der Waals surface area contributed by atoms with Gasteiger partial charge in [-0.15, -0.1) is 0 Å². The van der Waals surface area contributed by atoms with Gasteiger partial charge in [-0.2, -0.15) is 0 Å². The Morgan fingerprint density at radius 2 is 1.31 bits per heavy atom. The number of nitrogens with zero attached hydrogens (tertiary/aromatic N) is 2.